The number of para-hydroxylation sites is 4. The highest BCUT2D eigenvalue weighted by Gasteiger charge is 2.22. The second kappa shape index (κ2) is 11.8. The summed E-state index contributed by atoms with van der Waals surface area (Å²) in [4.78, 5) is 0. The molecule has 0 atom stereocenters. The summed E-state index contributed by atoms with van der Waals surface area (Å²) in [6, 6.07) is 63.1. The number of hydrogen-bond acceptors (Lipinski definition) is 3. The molecule has 0 saturated carbocycles. The summed E-state index contributed by atoms with van der Waals surface area (Å²) in [5.41, 5.74) is 12.5. The Morgan fingerprint density at radius 3 is 1.75 bits per heavy atom. The second-order valence-corrected chi connectivity index (χ2v) is 13.9. The highest BCUT2D eigenvalue weighted by atomic mass is 16.3. The Labute approximate surface area is 315 Å². The molecule has 0 aliphatic rings. The topological polar surface area (TPSA) is 70.6 Å². The molecule has 8 aromatic carbocycles. The normalized spacial score (nSPS) is 11.6. The maximum absolute atomic E-state index is 10.1. The Kier molecular flexibility index (Phi) is 6.61. The summed E-state index contributed by atoms with van der Waals surface area (Å²) in [6.07, 6.45) is 0. The van der Waals surface area contributed by atoms with Gasteiger partial charge in [-0.15, -0.1) is 0 Å². The van der Waals surface area contributed by atoms with Gasteiger partial charge in [0.2, 0.25) is 0 Å². The van der Waals surface area contributed by atoms with Crippen LogP contribution in [0.4, 0.5) is 0 Å². The lowest BCUT2D eigenvalue weighted by atomic mass is 9.92. The summed E-state index contributed by atoms with van der Waals surface area (Å²) in [5.74, 6) is 0. The fraction of sp³-hybridized carbons (Fsp3) is 0. The number of fused-ring (bicyclic) bond motifs is 10. The third-order valence-corrected chi connectivity index (χ3v) is 11.0. The van der Waals surface area contributed by atoms with Crippen LogP contribution in [0.25, 0.3) is 99.2 Å². The van der Waals surface area contributed by atoms with Crippen molar-refractivity contribution < 1.29 is 4.42 Å². The molecule has 0 fully saturated rings. The minimum atomic E-state index is 0.471. The highest BCUT2D eigenvalue weighted by Crippen LogP contribution is 2.43. The van der Waals surface area contributed by atoms with E-state index in [4.69, 9.17) is 4.42 Å². The Bertz CT molecular complexity index is 3390. The van der Waals surface area contributed by atoms with Gasteiger partial charge in [-0.2, -0.15) is 10.5 Å². The molecule has 11 aromatic rings. The maximum Gasteiger partial charge on any atom is 0.145 e. The summed E-state index contributed by atoms with van der Waals surface area (Å²) >= 11 is 0. The van der Waals surface area contributed by atoms with Crippen LogP contribution in [0.3, 0.4) is 0 Å². The van der Waals surface area contributed by atoms with Crippen molar-refractivity contribution in [3.8, 4) is 45.8 Å². The van der Waals surface area contributed by atoms with Gasteiger partial charge in [-0.1, -0.05) is 103 Å². The third-order valence-electron chi connectivity index (χ3n) is 11.0. The molecule has 11 rings (SSSR count). The van der Waals surface area contributed by atoms with Crippen molar-refractivity contribution >= 4 is 65.6 Å². The van der Waals surface area contributed by atoms with Crippen molar-refractivity contribution in [2.24, 2.45) is 0 Å². The van der Waals surface area contributed by atoms with Crippen molar-refractivity contribution in [2.75, 3.05) is 0 Å². The zero-order valence-electron chi connectivity index (χ0n) is 29.4. The first kappa shape index (κ1) is 30.7. The van der Waals surface area contributed by atoms with Crippen molar-refractivity contribution in [1.82, 2.24) is 9.13 Å². The summed E-state index contributed by atoms with van der Waals surface area (Å²) in [5, 5.41) is 26.9. The number of rotatable bonds is 4. The van der Waals surface area contributed by atoms with E-state index in [1.807, 2.05) is 24.3 Å². The SMILES string of the molecule is N#Cc1cccc(C#N)c1-c1cccc(-c2ccc(-n3c4ccccc4c4c5oc6ccccc6c5ccc43)cc2-n2c3ccccc3c3ccccc32)c1. The van der Waals surface area contributed by atoms with E-state index < -0.39 is 0 Å². The van der Waals surface area contributed by atoms with Gasteiger partial charge >= 0.3 is 0 Å². The van der Waals surface area contributed by atoms with Gasteiger partial charge in [-0.3, -0.25) is 0 Å². The number of aromatic nitrogens is 2. The van der Waals surface area contributed by atoms with Crippen molar-refractivity contribution in [2.45, 2.75) is 0 Å². The smallest absolute Gasteiger partial charge is 0.145 e. The zero-order valence-corrected chi connectivity index (χ0v) is 29.4. The van der Waals surface area contributed by atoms with Gasteiger partial charge < -0.3 is 13.6 Å². The van der Waals surface area contributed by atoms with E-state index in [-0.39, 0.29) is 0 Å². The van der Waals surface area contributed by atoms with E-state index in [1.165, 1.54) is 10.8 Å². The average molecular weight is 701 g/mol. The van der Waals surface area contributed by atoms with Crippen molar-refractivity contribution in [3.05, 3.63) is 181 Å². The molecule has 0 aliphatic heterocycles. The summed E-state index contributed by atoms with van der Waals surface area (Å²) in [6.45, 7) is 0. The van der Waals surface area contributed by atoms with Crippen LogP contribution >= 0.6 is 0 Å². The van der Waals surface area contributed by atoms with Gasteiger partial charge in [0.15, 0.2) is 0 Å². The molecule has 0 amide bonds. The summed E-state index contributed by atoms with van der Waals surface area (Å²) < 4.78 is 11.3. The molecule has 55 heavy (non-hydrogen) atoms. The minimum Gasteiger partial charge on any atom is -0.455 e. The number of furan rings is 1. The van der Waals surface area contributed by atoms with Gasteiger partial charge in [0.1, 0.15) is 11.2 Å². The highest BCUT2D eigenvalue weighted by molar-refractivity contribution is 6.24. The third kappa shape index (κ3) is 4.45. The predicted octanol–water partition coefficient (Wildman–Crippen LogP) is 12.9. The van der Waals surface area contributed by atoms with Gasteiger partial charge in [-0.05, 0) is 77.9 Å². The molecular formula is C50H28N4O. The molecule has 0 aliphatic carbocycles. The molecule has 0 N–H and O–H groups in total. The lowest BCUT2D eigenvalue weighted by Gasteiger charge is -2.18. The van der Waals surface area contributed by atoms with Gasteiger partial charge in [-0.25, -0.2) is 0 Å². The number of benzene rings is 8. The average Bonchev–Trinajstić information content (AvgIpc) is 3.91. The molecule has 3 aromatic heterocycles. The lowest BCUT2D eigenvalue weighted by molar-refractivity contribution is 0.673. The van der Waals surface area contributed by atoms with Crippen LogP contribution < -0.4 is 0 Å². The Morgan fingerprint density at radius 2 is 1.04 bits per heavy atom. The molecule has 5 nitrogen and oxygen atoms in total. The van der Waals surface area contributed by atoms with Crippen LogP contribution in [0.15, 0.2) is 174 Å². The predicted molar refractivity (Wildman–Crippen MR) is 223 cm³/mol. The van der Waals surface area contributed by atoms with E-state index >= 15 is 0 Å². The van der Waals surface area contributed by atoms with E-state index in [1.54, 1.807) is 18.2 Å². The Balaban J connectivity index is 1.23. The monoisotopic (exact) mass is 700 g/mol. The maximum atomic E-state index is 10.1. The van der Waals surface area contributed by atoms with Crippen LogP contribution in [0, 0.1) is 22.7 Å². The molecule has 0 radical (unpaired) electrons. The van der Waals surface area contributed by atoms with Gasteiger partial charge in [0.25, 0.3) is 0 Å². The van der Waals surface area contributed by atoms with Gasteiger partial charge in [0.05, 0.1) is 56.4 Å². The van der Waals surface area contributed by atoms with Crippen molar-refractivity contribution in [1.29, 1.82) is 10.5 Å². The van der Waals surface area contributed by atoms with Crippen LogP contribution in [0.2, 0.25) is 0 Å². The molecule has 0 spiro atoms. The molecule has 0 unspecified atom stereocenters. The first-order valence-electron chi connectivity index (χ1n) is 18.2. The molecule has 0 bridgehead atoms. The first-order valence-corrected chi connectivity index (χ1v) is 18.2. The zero-order chi connectivity index (χ0) is 36.6. The van der Waals surface area contributed by atoms with Crippen LogP contribution in [-0.2, 0) is 0 Å². The molecule has 5 heteroatoms. The van der Waals surface area contributed by atoms with E-state index in [0.717, 1.165) is 82.8 Å². The quantitative estimate of drug-likeness (QED) is 0.183. The second-order valence-electron chi connectivity index (χ2n) is 13.9. The Morgan fingerprint density at radius 1 is 0.436 bits per heavy atom. The first-order chi connectivity index (χ1) is 27.2. The van der Waals surface area contributed by atoms with Gasteiger partial charge in [0, 0.05) is 43.7 Å². The van der Waals surface area contributed by atoms with E-state index in [9.17, 15) is 10.5 Å². The van der Waals surface area contributed by atoms with E-state index in [0.29, 0.717) is 16.7 Å². The fourth-order valence-electron chi connectivity index (χ4n) is 8.68. The summed E-state index contributed by atoms with van der Waals surface area (Å²) in [7, 11) is 0. The number of nitrogens with zero attached hydrogens (tertiary/aromatic N) is 4. The molecule has 254 valence electrons. The van der Waals surface area contributed by atoms with Crippen LogP contribution in [0.1, 0.15) is 11.1 Å². The Hall–Kier alpha value is -7.86. The van der Waals surface area contributed by atoms with Crippen molar-refractivity contribution in [3.63, 3.8) is 0 Å². The number of nitriles is 2. The molecular weight excluding hydrogens is 673 g/mol. The molecule has 3 heterocycles. The minimum absolute atomic E-state index is 0.471. The largest absolute Gasteiger partial charge is 0.455 e. The van der Waals surface area contributed by atoms with E-state index in [2.05, 4.69) is 149 Å². The van der Waals surface area contributed by atoms with Crippen LogP contribution in [0.5, 0.6) is 0 Å². The standard InChI is InChI=1S/C50H28N4O/c51-29-33-13-10-14-34(30-52)48(33)32-12-9-11-31(27-32)36-24-23-35(28-46(36)54-42-19-5-1-15-37(42)38-16-2-6-20-43(38)54)53-44-21-7-3-18-41(44)49-45(53)26-25-40-39-17-4-8-22-47(39)55-50(40)49/h1-28H. The van der Waals surface area contributed by atoms with Crippen LogP contribution in [-0.4, -0.2) is 9.13 Å². The lowest BCUT2D eigenvalue weighted by Crippen LogP contribution is -2.01. The number of hydrogen-bond donors (Lipinski definition) is 0. The fourth-order valence-corrected chi connectivity index (χ4v) is 8.68. The molecule has 0 saturated heterocycles.